The molecular weight excluding hydrogens is 225 g/mol. The van der Waals surface area contributed by atoms with E-state index in [0.717, 1.165) is 19.4 Å². The summed E-state index contributed by atoms with van der Waals surface area (Å²) >= 11 is 0. The van der Waals surface area contributed by atoms with Gasteiger partial charge in [0.05, 0.1) is 0 Å². The summed E-state index contributed by atoms with van der Waals surface area (Å²) in [5.41, 5.74) is 1.43. The quantitative estimate of drug-likeness (QED) is 0.801. The summed E-state index contributed by atoms with van der Waals surface area (Å²) < 4.78 is 13.0. The molecular formula is C16H22FN. The molecule has 1 aromatic rings. The zero-order chi connectivity index (χ0) is 13.2. The molecule has 0 saturated heterocycles. The minimum atomic E-state index is -0.163. The van der Waals surface area contributed by atoms with Gasteiger partial charge in [-0.15, -0.1) is 0 Å². The zero-order valence-electron chi connectivity index (χ0n) is 11.5. The normalized spacial score (nSPS) is 18.2. The fourth-order valence-electron chi connectivity index (χ4n) is 2.42. The van der Waals surface area contributed by atoms with Gasteiger partial charge in [0.1, 0.15) is 5.82 Å². The number of hydrogen-bond acceptors (Lipinski definition) is 1. The van der Waals surface area contributed by atoms with Crippen molar-refractivity contribution in [2.45, 2.75) is 44.6 Å². The van der Waals surface area contributed by atoms with E-state index in [0.29, 0.717) is 0 Å². The molecule has 0 bridgehead atoms. The first kappa shape index (κ1) is 13.3. The fourth-order valence-corrected chi connectivity index (χ4v) is 2.42. The maximum Gasteiger partial charge on any atom is 0.123 e. The Balaban J connectivity index is 2.19. The lowest BCUT2D eigenvalue weighted by molar-refractivity contribution is 0.340. The van der Waals surface area contributed by atoms with E-state index in [4.69, 9.17) is 0 Å². The van der Waals surface area contributed by atoms with Crippen LogP contribution in [0.3, 0.4) is 0 Å². The Morgan fingerprint density at radius 1 is 1.11 bits per heavy atom. The lowest BCUT2D eigenvalue weighted by Crippen LogP contribution is -2.45. The zero-order valence-corrected chi connectivity index (χ0v) is 11.5. The van der Waals surface area contributed by atoms with Gasteiger partial charge in [0, 0.05) is 17.5 Å². The SMILES string of the molecule is CC(C)(C)NCC1(c2ccc(F)cc2)CC=CC1. The van der Waals surface area contributed by atoms with E-state index in [1.165, 1.54) is 5.56 Å². The minimum absolute atomic E-state index is 0.0982. The third-order valence-electron chi connectivity index (χ3n) is 3.60. The van der Waals surface area contributed by atoms with Crippen molar-refractivity contribution in [1.29, 1.82) is 0 Å². The Kier molecular flexibility index (Phi) is 3.58. The van der Waals surface area contributed by atoms with Crippen LogP contribution in [0.15, 0.2) is 36.4 Å². The molecule has 0 heterocycles. The molecule has 1 N–H and O–H groups in total. The van der Waals surface area contributed by atoms with Gasteiger partial charge in [-0.1, -0.05) is 24.3 Å². The lowest BCUT2D eigenvalue weighted by Gasteiger charge is -2.34. The number of allylic oxidation sites excluding steroid dienone is 2. The molecule has 0 aliphatic heterocycles. The molecule has 0 spiro atoms. The van der Waals surface area contributed by atoms with Gasteiger partial charge in [0.15, 0.2) is 0 Å². The van der Waals surface area contributed by atoms with Crippen molar-refractivity contribution in [3.63, 3.8) is 0 Å². The average Bonchev–Trinajstić information content (AvgIpc) is 2.76. The van der Waals surface area contributed by atoms with Crippen LogP contribution in [0.2, 0.25) is 0 Å². The Bertz CT molecular complexity index is 417. The lowest BCUT2D eigenvalue weighted by atomic mass is 9.77. The van der Waals surface area contributed by atoms with Crippen LogP contribution in [0.4, 0.5) is 4.39 Å². The van der Waals surface area contributed by atoms with Crippen LogP contribution < -0.4 is 5.32 Å². The highest BCUT2D eigenvalue weighted by Crippen LogP contribution is 2.37. The van der Waals surface area contributed by atoms with Crippen molar-refractivity contribution < 1.29 is 4.39 Å². The molecule has 1 aliphatic rings. The van der Waals surface area contributed by atoms with Crippen molar-refractivity contribution in [1.82, 2.24) is 5.32 Å². The standard InChI is InChI=1S/C16H22FN/c1-15(2,3)18-12-16(10-4-5-11-16)13-6-8-14(17)9-7-13/h4-9,18H,10-12H2,1-3H3. The third kappa shape index (κ3) is 2.99. The minimum Gasteiger partial charge on any atom is -0.311 e. The number of benzene rings is 1. The van der Waals surface area contributed by atoms with Crippen LogP contribution in [-0.4, -0.2) is 12.1 Å². The molecule has 1 nitrogen and oxygen atoms in total. The maximum atomic E-state index is 13.0. The smallest absolute Gasteiger partial charge is 0.123 e. The molecule has 0 saturated carbocycles. The van der Waals surface area contributed by atoms with Gasteiger partial charge in [0.2, 0.25) is 0 Å². The van der Waals surface area contributed by atoms with Gasteiger partial charge < -0.3 is 5.32 Å². The third-order valence-corrected chi connectivity index (χ3v) is 3.60. The molecule has 1 aliphatic carbocycles. The molecule has 1 aromatic carbocycles. The van der Waals surface area contributed by atoms with E-state index >= 15 is 0 Å². The summed E-state index contributed by atoms with van der Waals surface area (Å²) in [6.07, 6.45) is 6.52. The molecule has 0 unspecified atom stereocenters. The number of hydrogen-bond donors (Lipinski definition) is 1. The summed E-state index contributed by atoms with van der Waals surface area (Å²) in [6.45, 7) is 7.45. The maximum absolute atomic E-state index is 13.0. The van der Waals surface area contributed by atoms with Crippen molar-refractivity contribution in [3.8, 4) is 0 Å². The largest absolute Gasteiger partial charge is 0.311 e. The van der Waals surface area contributed by atoms with E-state index in [9.17, 15) is 4.39 Å². The van der Waals surface area contributed by atoms with Crippen LogP contribution >= 0.6 is 0 Å². The molecule has 0 aromatic heterocycles. The first-order valence-corrected chi connectivity index (χ1v) is 6.57. The molecule has 98 valence electrons. The molecule has 0 fully saturated rings. The van der Waals surface area contributed by atoms with Gasteiger partial charge >= 0.3 is 0 Å². The summed E-state index contributed by atoms with van der Waals surface area (Å²) in [4.78, 5) is 0. The van der Waals surface area contributed by atoms with Gasteiger partial charge in [-0.3, -0.25) is 0 Å². The predicted molar refractivity (Wildman–Crippen MR) is 74.2 cm³/mol. The highest BCUT2D eigenvalue weighted by Gasteiger charge is 2.33. The van der Waals surface area contributed by atoms with E-state index in [2.05, 4.69) is 38.2 Å². The van der Waals surface area contributed by atoms with Crippen LogP contribution in [-0.2, 0) is 5.41 Å². The second-order valence-corrected chi connectivity index (χ2v) is 6.27. The van der Waals surface area contributed by atoms with Crippen molar-refractivity contribution >= 4 is 0 Å². The highest BCUT2D eigenvalue weighted by molar-refractivity contribution is 5.31. The van der Waals surface area contributed by atoms with Crippen molar-refractivity contribution in [2.24, 2.45) is 0 Å². The molecule has 2 heteroatoms. The average molecular weight is 247 g/mol. The Morgan fingerprint density at radius 3 is 2.17 bits per heavy atom. The summed E-state index contributed by atoms with van der Waals surface area (Å²) in [7, 11) is 0. The number of nitrogens with one attached hydrogen (secondary N) is 1. The second kappa shape index (κ2) is 4.85. The Labute approximate surface area is 109 Å². The first-order chi connectivity index (χ1) is 8.41. The van der Waals surface area contributed by atoms with Gasteiger partial charge in [0.25, 0.3) is 0 Å². The number of rotatable bonds is 3. The topological polar surface area (TPSA) is 12.0 Å². The first-order valence-electron chi connectivity index (χ1n) is 6.57. The number of halogens is 1. The molecule has 2 rings (SSSR count). The Hall–Kier alpha value is -1.15. The fraction of sp³-hybridized carbons (Fsp3) is 0.500. The van der Waals surface area contributed by atoms with Gasteiger partial charge in [-0.05, 0) is 51.3 Å². The summed E-state index contributed by atoms with van der Waals surface area (Å²) in [5.74, 6) is -0.163. The van der Waals surface area contributed by atoms with Crippen LogP contribution in [0.1, 0.15) is 39.2 Å². The van der Waals surface area contributed by atoms with E-state index in [1.54, 1.807) is 12.1 Å². The van der Waals surface area contributed by atoms with Gasteiger partial charge in [-0.2, -0.15) is 0 Å². The summed E-state index contributed by atoms with van der Waals surface area (Å²) in [6, 6.07) is 6.97. The van der Waals surface area contributed by atoms with Crippen LogP contribution in [0, 0.1) is 5.82 Å². The van der Waals surface area contributed by atoms with Crippen molar-refractivity contribution in [2.75, 3.05) is 6.54 Å². The molecule has 18 heavy (non-hydrogen) atoms. The van der Waals surface area contributed by atoms with Crippen LogP contribution in [0.5, 0.6) is 0 Å². The molecule has 0 radical (unpaired) electrons. The highest BCUT2D eigenvalue weighted by atomic mass is 19.1. The molecule has 0 amide bonds. The van der Waals surface area contributed by atoms with Crippen LogP contribution in [0.25, 0.3) is 0 Å². The van der Waals surface area contributed by atoms with Gasteiger partial charge in [-0.25, -0.2) is 4.39 Å². The van der Waals surface area contributed by atoms with E-state index < -0.39 is 0 Å². The van der Waals surface area contributed by atoms with E-state index in [-0.39, 0.29) is 16.8 Å². The molecule has 0 atom stereocenters. The second-order valence-electron chi connectivity index (χ2n) is 6.27. The summed E-state index contributed by atoms with van der Waals surface area (Å²) in [5, 5.41) is 3.58. The van der Waals surface area contributed by atoms with E-state index in [1.807, 2.05) is 12.1 Å². The predicted octanol–water partition coefficient (Wildman–Crippen LogP) is 3.80. The Morgan fingerprint density at radius 2 is 1.67 bits per heavy atom. The van der Waals surface area contributed by atoms with Crippen molar-refractivity contribution in [3.05, 3.63) is 47.8 Å². The monoisotopic (exact) mass is 247 g/mol.